The van der Waals surface area contributed by atoms with Gasteiger partial charge < -0.3 is 10.5 Å². The molecule has 0 radical (unpaired) electrons. The van der Waals surface area contributed by atoms with Gasteiger partial charge in [-0.05, 0) is 23.8 Å². The van der Waals surface area contributed by atoms with Gasteiger partial charge in [-0.2, -0.15) is 22.0 Å². The lowest BCUT2D eigenvalue weighted by atomic mass is 10.2. The number of alkyl halides is 5. The second-order valence-electron chi connectivity index (χ2n) is 3.55. The predicted octanol–water partition coefficient (Wildman–Crippen LogP) is 3.64. The molecular weight excluding hydrogens is 281 g/mol. The van der Waals surface area contributed by atoms with Crippen LogP contribution in [0.4, 0.5) is 27.6 Å². The molecule has 0 spiro atoms. The summed E-state index contributed by atoms with van der Waals surface area (Å²) in [6.45, 7) is -2.24. The van der Waals surface area contributed by atoms with E-state index in [9.17, 15) is 22.0 Å². The first-order chi connectivity index (χ1) is 8.13. The van der Waals surface area contributed by atoms with E-state index in [2.05, 4.69) is 4.74 Å². The average Bonchev–Trinajstić information content (AvgIpc) is 2.21. The molecule has 1 rings (SSSR count). The Kier molecular flexibility index (Phi) is 4.39. The van der Waals surface area contributed by atoms with Gasteiger partial charge in [-0.25, -0.2) is 0 Å². The fraction of sp³-hybridized carbons (Fsp3) is 0.400. The number of ether oxygens (including phenoxy) is 1. The molecule has 0 unspecified atom stereocenters. The third-order valence-corrected chi connectivity index (χ3v) is 2.39. The van der Waals surface area contributed by atoms with Gasteiger partial charge in [-0.1, -0.05) is 11.6 Å². The van der Waals surface area contributed by atoms with E-state index >= 15 is 0 Å². The van der Waals surface area contributed by atoms with Crippen LogP contribution in [0, 0.1) is 0 Å². The summed E-state index contributed by atoms with van der Waals surface area (Å²) < 4.78 is 64.8. The number of nitrogens with two attached hydrogens (primary N) is 1. The van der Waals surface area contributed by atoms with E-state index in [4.69, 9.17) is 17.3 Å². The molecule has 0 atom stereocenters. The van der Waals surface area contributed by atoms with Gasteiger partial charge in [0.25, 0.3) is 0 Å². The SMILES string of the molecule is Nc1ccc(Cl)c(COCC(F)(F)C(F)(F)F)c1. The highest BCUT2D eigenvalue weighted by Gasteiger charge is 2.57. The van der Waals surface area contributed by atoms with Crippen molar-refractivity contribution in [2.24, 2.45) is 0 Å². The number of halogens is 6. The van der Waals surface area contributed by atoms with E-state index in [0.717, 1.165) is 0 Å². The summed E-state index contributed by atoms with van der Waals surface area (Å²) in [5.74, 6) is -4.89. The van der Waals surface area contributed by atoms with Crippen LogP contribution in [0.1, 0.15) is 5.56 Å². The molecule has 0 heterocycles. The highest BCUT2D eigenvalue weighted by molar-refractivity contribution is 6.31. The molecule has 0 aromatic heterocycles. The van der Waals surface area contributed by atoms with Crippen LogP contribution >= 0.6 is 11.6 Å². The Morgan fingerprint density at radius 2 is 1.78 bits per heavy atom. The molecule has 0 bridgehead atoms. The number of hydrogen-bond acceptors (Lipinski definition) is 2. The first-order valence-electron chi connectivity index (χ1n) is 4.70. The van der Waals surface area contributed by atoms with E-state index in [1.54, 1.807) is 0 Å². The number of rotatable bonds is 4. The first-order valence-corrected chi connectivity index (χ1v) is 5.07. The molecule has 0 aliphatic heterocycles. The molecule has 0 amide bonds. The third kappa shape index (κ3) is 3.71. The molecule has 0 fully saturated rings. The van der Waals surface area contributed by atoms with Gasteiger partial charge in [-0.15, -0.1) is 0 Å². The minimum Gasteiger partial charge on any atom is -0.399 e. The number of anilines is 1. The smallest absolute Gasteiger partial charge is 0.399 e. The highest BCUT2D eigenvalue weighted by atomic mass is 35.5. The van der Waals surface area contributed by atoms with Gasteiger partial charge in [0.15, 0.2) is 0 Å². The van der Waals surface area contributed by atoms with Crippen molar-refractivity contribution in [2.75, 3.05) is 12.3 Å². The van der Waals surface area contributed by atoms with Crippen LogP contribution in [0.5, 0.6) is 0 Å². The lowest BCUT2D eigenvalue weighted by Crippen LogP contribution is -2.40. The second-order valence-corrected chi connectivity index (χ2v) is 3.95. The van der Waals surface area contributed by atoms with Crippen LogP contribution in [-0.2, 0) is 11.3 Å². The second kappa shape index (κ2) is 5.27. The van der Waals surface area contributed by atoms with Crippen molar-refractivity contribution in [1.82, 2.24) is 0 Å². The average molecular weight is 290 g/mol. The first kappa shape index (κ1) is 15.0. The Balaban J connectivity index is 2.59. The Morgan fingerprint density at radius 1 is 1.17 bits per heavy atom. The molecule has 8 heteroatoms. The Morgan fingerprint density at radius 3 is 2.33 bits per heavy atom. The zero-order valence-electron chi connectivity index (χ0n) is 8.90. The fourth-order valence-corrected chi connectivity index (χ4v) is 1.25. The Hall–Kier alpha value is -1.08. The highest BCUT2D eigenvalue weighted by Crippen LogP contribution is 2.35. The molecule has 0 aliphatic rings. The zero-order valence-corrected chi connectivity index (χ0v) is 9.66. The molecule has 18 heavy (non-hydrogen) atoms. The van der Waals surface area contributed by atoms with Crippen LogP contribution in [-0.4, -0.2) is 18.7 Å². The Labute approximate surface area is 104 Å². The topological polar surface area (TPSA) is 35.2 Å². The summed E-state index contributed by atoms with van der Waals surface area (Å²) in [7, 11) is 0. The maximum atomic E-state index is 12.5. The van der Waals surface area contributed by atoms with E-state index < -0.39 is 25.3 Å². The van der Waals surface area contributed by atoms with Gasteiger partial charge >= 0.3 is 12.1 Å². The zero-order chi connectivity index (χ0) is 14.0. The van der Waals surface area contributed by atoms with Crippen LogP contribution in [0.3, 0.4) is 0 Å². The minimum absolute atomic E-state index is 0.180. The standard InChI is InChI=1S/C10H9ClF5NO/c11-8-2-1-7(17)3-6(8)4-18-5-9(12,13)10(14,15)16/h1-3H,4-5,17H2. The maximum absolute atomic E-state index is 12.5. The van der Waals surface area contributed by atoms with E-state index in [1.165, 1.54) is 18.2 Å². The van der Waals surface area contributed by atoms with Gasteiger partial charge in [0.2, 0.25) is 0 Å². The van der Waals surface area contributed by atoms with Crippen molar-refractivity contribution in [1.29, 1.82) is 0 Å². The van der Waals surface area contributed by atoms with Gasteiger partial charge in [0.05, 0.1) is 6.61 Å². The number of hydrogen-bond donors (Lipinski definition) is 1. The molecule has 102 valence electrons. The van der Waals surface area contributed by atoms with Gasteiger partial charge in [0.1, 0.15) is 6.61 Å². The third-order valence-electron chi connectivity index (χ3n) is 2.03. The quantitative estimate of drug-likeness (QED) is 0.678. The van der Waals surface area contributed by atoms with Crippen molar-refractivity contribution in [3.8, 4) is 0 Å². The van der Waals surface area contributed by atoms with Gasteiger partial charge in [-0.3, -0.25) is 0 Å². The van der Waals surface area contributed by atoms with Crippen LogP contribution in [0.15, 0.2) is 18.2 Å². The molecule has 0 saturated carbocycles. The lowest BCUT2D eigenvalue weighted by Gasteiger charge is -2.19. The summed E-state index contributed by atoms with van der Waals surface area (Å²) in [6, 6.07) is 4.21. The molecule has 2 nitrogen and oxygen atoms in total. The van der Waals surface area contributed by atoms with Crippen molar-refractivity contribution in [2.45, 2.75) is 18.7 Å². The Bertz CT molecular complexity index is 421. The van der Waals surface area contributed by atoms with Crippen molar-refractivity contribution >= 4 is 17.3 Å². The van der Waals surface area contributed by atoms with E-state index in [-0.39, 0.29) is 10.6 Å². The summed E-state index contributed by atoms with van der Waals surface area (Å²) in [4.78, 5) is 0. The summed E-state index contributed by atoms with van der Waals surface area (Å²) >= 11 is 5.69. The largest absolute Gasteiger partial charge is 0.455 e. The molecular formula is C10H9ClF5NO. The lowest BCUT2D eigenvalue weighted by molar-refractivity contribution is -0.297. The number of nitrogen functional groups attached to an aromatic ring is 1. The van der Waals surface area contributed by atoms with Gasteiger partial charge in [0, 0.05) is 10.7 Å². The molecule has 1 aromatic carbocycles. The van der Waals surface area contributed by atoms with Crippen molar-refractivity contribution in [3.05, 3.63) is 28.8 Å². The summed E-state index contributed by atoms with van der Waals surface area (Å²) in [5, 5.41) is 0.180. The van der Waals surface area contributed by atoms with Crippen molar-refractivity contribution < 1.29 is 26.7 Å². The monoisotopic (exact) mass is 289 g/mol. The fourth-order valence-electron chi connectivity index (χ4n) is 1.08. The van der Waals surface area contributed by atoms with E-state index in [1.807, 2.05) is 0 Å². The normalized spacial score (nSPS) is 12.8. The molecule has 0 saturated heterocycles. The van der Waals surface area contributed by atoms with E-state index in [0.29, 0.717) is 5.69 Å². The molecule has 1 aromatic rings. The molecule has 0 aliphatic carbocycles. The maximum Gasteiger partial charge on any atom is 0.455 e. The van der Waals surface area contributed by atoms with Crippen molar-refractivity contribution in [3.63, 3.8) is 0 Å². The molecule has 2 N–H and O–H groups in total. The predicted molar refractivity (Wildman–Crippen MR) is 56.5 cm³/mol. The van der Waals surface area contributed by atoms with Crippen LogP contribution in [0.25, 0.3) is 0 Å². The van der Waals surface area contributed by atoms with Crippen LogP contribution in [0.2, 0.25) is 5.02 Å². The van der Waals surface area contributed by atoms with Crippen LogP contribution < -0.4 is 5.73 Å². The summed E-state index contributed by atoms with van der Waals surface area (Å²) in [6.07, 6.45) is -5.63. The number of benzene rings is 1. The summed E-state index contributed by atoms with van der Waals surface area (Å²) in [5.41, 5.74) is 5.96. The minimum atomic E-state index is -5.63.